The molecule has 0 aliphatic carbocycles. The molecule has 1 unspecified atom stereocenters. The Balaban J connectivity index is 2.83. The molecule has 4 N–H and O–H groups in total. The van der Waals surface area contributed by atoms with E-state index < -0.39 is 6.04 Å². The summed E-state index contributed by atoms with van der Waals surface area (Å²) in [6, 6.07) is 4.37. The van der Waals surface area contributed by atoms with Crippen LogP contribution in [0, 0.1) is 0 Å². The fraction of sp³-hybridized carbons (Fsp3) is 0.385. The molecule has 19 heavy (non-hydrogen) atoms. The number of rotatable bonds is 5. The van der Waals surface area contributed by atoms with Gasteiger partial charge in [-0.3, -0.25) is 4.79 Å². The molecule has 0 bridgehead atoms. The van der Waals surface area contributed by atoms with E-state index in [4.69, 9.17) is 5.73 Å². The molecule has 1 aromatic carbocycles. The van der Waals surface area contributed by atoms with Crippen molar-refractivity contribution in [1.29, 1.82) is 0 Å². The zero-order valence-electron chi connectivity index (χ0n) is 11.3. The maximum absolute atomic E-state index is 11.6. The third-order valence-electron chi connectivity index (χ3n) is 2.58. The van der Waals surface area contributed by atoms with E-state index in [0.717, 1.165) is 0 Å². The molecule has 1 aromatic rings. The maximum Gasteiger partial charge on any atom is 0.327 e. The smallest absolute Gasteiger partial charge is 0.327 e. The highest BCUT2D eigenvalue weighted by molar-refractivity contribution is 5.96. The molecule has 104 valence electrons. The van der Waals surface area contributed by atoms with E-state index in [9.17, 15) is 9.59 Å². The van der Waals surface area contributed by atoms with Crippen LogP contribution in [0.25, 0.3) is 0 Å². The first-order valence-electron chi connectivity index (χ1n) is 6.01. The van der Waals surface area contributed by atoms with E-state index >= 15 is 0 Å². The Kier molecular flexibility index (Phi) is 5.17. The average Bonchev–Trinajstić information content (AvgIpc) is 2.40. The number of esters is 1. The van der Waals surface area contributed by atoms with Crippen molar-refractivity contribution in [3.05, 3.63) is 23.8 Å². The zero-order valence-corrected chi connectivity index (χ0v) is 11.3. The van der Waals surface area contributed by atoms with Gasteiger partial charge in [-0.25, -0.2) is 4.79 Å². The maximum atomic E-state index is 11.6. The van der Waals surface area contributed by atoms with Gasteiger partial charge in [0.1, 0.15) is 6.04 Å². The van der Waals surface area contributed by atoms with E-state index in [-0.39, 0.29) is 11.9 Å². The molecule has 0 fully saturated rings. The van der Waals surface area contributed by atoms with E-state index in [1.807, 2.05) is 6.92 Å². The summed E-state index contributed by atoms with van der Waals surface area (Å²) in [5.41, 5.74) is 7.32. The summed E-state index contributed by atoms with van der Waals surface area (Å²) in [4.78, 5) is 22.9. The number of hydrogen-bond donors (Lipinski definition) is 3. The second-order valence-electron chi connectivity index (χ2n) is 4.05. The number of carbonyl (C=O) groups is 2. The number of hydrogen-bond acceptors (Lipinski definition) is 5. The largest absolute Gasteiger partial charge is 0.467 e. The molecule has 6 heteroatoms. The van der Waals surface area contributed by atoms with Crippen LogP contribution in [-0.2, 0) is 9.53 Å². The summed E-state index contributed by atoms with van der Waals surface area (Å²) >= 11 is 0. The number of ether oxygens (including phenoxy) is 1. The fourth-order valence-electron chi connectivity index (χ4n) is 1.57. The van der Waals surface area contributed by atoms with E-state index in [2.05, 4.69) is 15.4 Å². The van der Waals surface area contributed by atoms with Crippen LogP contribution in [0.3, 0.4) is 0 Å². The quantitative estimate of drug-likeness (QED) is 0.545. The van der Waals surface area contributed by atoms with Crippen LogP contribution < -0.4 is 16.4 Å². The first kappa shape index (κ1) is 14.8. The zero-order chi connectivity index (χ0) is 14.4. The normalized spacial score (nSPS) is 11.5. The number of anilines is 2. The number of carbonyl (C=O) groups excluding carboxylic acids is 2. The van der Waals surface area contributed by atoms with Gasteiger partial charge in [0, 0.05) is 12.1 Å². The summed E-state index contributed by atoms with van der Waals surface area (Å²) in [6.45, 7) is 4.07. The summed E-state index contributed by atoms with van der Waals surface area (Å²) < 4.78 is 4.61. The molecular formula is C13H19N3O3. The highest BCUT2D eigenvalue weighted by Gasteiger charge is 2.14. The molecule has 0 aromatic heterocycles. The Bertz CT molecular complexity index is 474. The number of nitrogens with one attached hydrogen (secondary N) is 2. The second-order valence-corrected chi connectivity index (χ2v) is 4.05. The molecule has 0 heterocycles. The minimum Gasteiger partial charge on any atom is -0.467 e. The van der Waals surface area contributed by atoms with Gasteiger partial charge in [-0.2, -0.15) is 0 Å². The standard InChI is InChI=1S/C13H19N3O3/c1-4-15-12(17)9-5-6-11(10(14)7-9)16-8(2)13(18)19-3/h5-8,16H,4,14H2,1-3H3,(H,15,17). The molecule has 0 aliphatic rings. The summed E-state index contributed by atoms with van der Waals surface area (Å²) in [7, 11) is 1.32. The predicted molar refractivity (Wildman–Crippen MR) is 74.0 cm³/mol. The van der Waals surface area contributed by atoms with Crippen LogP contribution in [0.1, 0.15) is 24.2 Å². The van der Waals surface area contributed by atoms with Crippen molar-refractivity contribution >= 4 is 23.3 Å². The van der Waals surface area contributed by atoms with Crippen molar-refractivity contribution in [1.82, 2.24) is 5.32 Å². The molecular weight excluding hydrogens is 246 g/mol. The Labute approximate surface area is 112 Å². The van der Waals surface area contributed by atoms with Gasteiger partial charge in [0.05, 0.1) is 18.5 Å². The van der Waals surface area contributed by atoms with E-state index in [1.54, 1.807) is 25.1 Å². The van der Waals surface area contributed by atoms with Crippen molar-refractivity contribution in [2.24, 2.45) is 0 Å². The van der Waals surface area contributed by atoms with Gasteiger partial charge < -0.3 is 21.1 Å². The monoisotopic (exact) mass is 265 g/mol. The van der Waals surface area contributed by atoms with Crippen LogP contribution in [0.2, 0.25) is 0 Å². The SMILES string of the molecule is CCNC(=O)c1ccc(NC(C)C(=O)OC)c(N)c1. The van der Waals surface area contributed by atoms with Gasteiger partial charge in [-0.1, -0.05) is 0 Å². The Morgan fingerprint density at radius 1 is 1.42 bits per heavy atom. The van der Waals surface area contributed by atoms with Crippen LogP contribution >= 0.6 is 0 Å². The number of nitrogens with two attached hydrogens (primary N) is 1. The summed E-state index contributed by atoms with van der Waals surface area (Å²) in [5.74, 6) is -0.561. The molecule has 0 aliphatic heterocycles. The highest BCUT2D eigenvalue weighted by Crippen LogP contribution is 2.20. The molecule has 6 nitrogen and oxygen atoms in total. The highest BCUT2D eigenvalue weighted by atomic mass is 16.5. The first-order valence-corrected chi connectivity index (χ1v) is 6.01. The minimum atomic E-state index is -0.511. The molecule has 0 radical (unpaired) electrons. The van der Waals surface area contributed by atoms with E-state index in [1.165, 1.54) is 7.11 Å². The fourth-order valence-corrected chi connectivity index (χ4v) is 1.57. The molecule has 1 rings (SSSR count). The second kappa shape index (κ2) is 6.63. The van der Waals surface area contributed by atoms with Crippen molar-refractivity contribution in [3.63, 3.8) is 0 Å². The third-order valence-corrected chi connectivity index (χ3v) is 2.58. The molecule has 0 spiro atoms. The molecule has 0 saturated carbocycles. The van der Waals surface area contributed by atoms with Gasteiger partial charge in [0.15, 0.2) is 0 Å². The van der Waals surface area contributed by atoms with Gasteiger partial charge >= 0.3 is 5.97 Å². The summed E-state index contributed by atoms with van der Waals surface area (Å²) in [5, 5.41) is 5.62. The lowest BCUT2D eigenvalue weighted by Crippen LogP contribution is -2.27. The Morgan fingerprint density at radius 2 is 2.11 bits per heavy atom. The van der Waals surface area contributed by atoms with Gasteiger partial charge in [-0.05, 0) is 32.0 Å². The van der Waals surface area contributed by atoms with Gasteiger partial charge in [-0.15, -0.1) is 0 Å². The van der Waals surface area contributed by atoms with E-state index in [0.29, 0.717) is 23.5 Å². The van der Waals surface area contributed by atoms with Gasteiger partial charge in [0.2, 0.25) is 0 Å². The molecule has 0 saturated heterocycles. The number of amides is 1. The molecule has 1 atom stereocenters. The number of nitrogen functional groups attached to an aromatic ring is 1. The van der Waals surface area contributed by atoms with Crippen molar-refractivity contribution in [2.45, 2.75) is 19.9 Å². The van der Waals surface area contributed by atoms with Crippen LogP contribution in [0.4, 0.5) is 11.4 Å². The average molecular weight is 265 g/mol. The number of methoxy groups -OCH3 is 1. The van der Waals surface area contributed by atoms with Crippen molar-refractivity contribution in [3.8, 4) is 0 Å². The Hall–Kier alpha value is -2.24. The third kappa shape index (κ3) is 3.87. The van der Waals surface area contributed by atoms with Crippen LogP contribution in [0.5, 0.6) is 0 Å². The van der Waals surface area contributed by atoms with Crippen molar-refractivity contribution < 1.29 is 14.3 Å². The minimum absolute atomic E-state index is 0.179. The number of benzene rings is 1. The van der Waals surface area contributed by atoms with Gasteiger partial charge in [0.25, 0.3) is 5.91 Å². The topological polar surface area (TPSA) is 93.5 Å². The lowest BCUT2D eigenvalue weighted by molar-refractivity contribution is -0.141. The van der Waals surface area contributed by atoms with Crippen LogP contribution in [-0.4, -0.2) is 31.6 Å². The summed E-state index contributed by atoms with van der Waals surface area (Å²) in [6.07, 6.45) is 0. The van der Waals surface area contributed by atoms with Crippen molar-refractivity contribution in [2.75, 3.05) is 24.7 Å². The lowest BCUT2D eigenvalue weighted by Gasteiger charge is -2.15. The predicted octanol–water partition coefficient (Wildman–Crippen LogP) is 0.992. The molecule has 1 amide bonds. The Morgan fingerprint density at radius 3 is 2.63 bits per heavy atom. The first-order chi connectivity index (χ1) is 8.99. The lowest BCUT2D eigenvalue weighted by atomic mass is 10.1. The van der Waals surface area contributed by atoms with Crippen LogP contribution in [0.15, 0.2) is 18.2 Å².